The number of aromatic nitrogens is 2. The number of benzene rings is 3. The van der Waals surface area contributed by atoms with Gasteiger partial charge >= 0.3 is 12.2 Å². The molecule has 3 saturated heterocycles. The summed E-state index contributed by atoms with van der Waals surface area (Å²) in [6, 6.07) is 19.1. The molecule has 0 radical (unpaired) electrons. The molecule has 8 rings (SSSR count). The maximum Gasteiger partial charge on any atom is 0.407 e. The van der Waals surface area contributed by atoms with E-state index in [9.17, 15) is 29.4 Å². The number of carbonyl (C=O) groups excluding carboxylic acids is 4. The third-order valence-electron chi connectivity index (χ3n) is 14.0. The van der Waals surface area contributed by atoms with Crippen molar-refractivity contribution < 1.29 is 38.9 Å². The second kappa shape index (κ2) is 18.9. The highest BCUT2D eigenvalue weighted by Crippen LogP contribution is 2.49. The number of nitrogens with zero attached hydrogens (tertiary/aromatic N) is 4. The predicted molar refractivity (Wildman–Crippen MR) is 255 cm³/mol. The van der Waals surface area contributed by atoms with Crippen LogP contribution in [-0.4, -0.2) is 118 Å². The van der Waals surface area contributed by atoms with Crippen molar-refractivity contribution in [3.8, 4) is 0 Å². The topological polar surface area (TPSA) is 214 Å². The molecule has 17 nitrogen and oxygen atoms in total. The molecule has 4 aliphatic rings. The summed E-state index contributed by atoms with van der Waals surface area (Å²) in [4.78, 5) is 66.5. The Kier molecular flexibility index (Phi) is 13.4. The van der Waals surface area contributed by atoms with Crippen LogP contribution in [0.1, 0.15) is 115 Å². The number of alkyl carbamates (subject to hydrolysis) is 2. The highest BCUT2D eigenvalue weighted by molar-refractivity contribution is 5.88. The molecular formula is C50H67N9O8. The summed E-state index contributed by atoms with van der Waals surface area (Å²) in [5.41, 5.74) is 7.94. The summed E-state index contributed by atoms with van der Waals surface area (Å²) in [7, 11) is 2.53. The lowest BCUT2D eigenvalue weighted by Gasteiger charge is -2.34. The molecule has 17 heteroatoms. The van der Waals surface area contributed by atoms with Gasteiger partial charge in [0.25, 0.3) is 0 Å². The minimum Gasteiger partial charge on any atom is -0.453 e. The summed E-state index contributed by atoms with van der Waals surface area (Å²) < 4.78 is 9.61. The maximum atomic E-state index is 13.9. The summed E-state index contributed by atoms with van der Waals surface area (Å²) in [5.74, 6) is -0.416. The van der Waals surface area contributed by atoms with Crippen molar-refractivity contribution in [3.05, 3.63) is 83.2 Å². The van der Waals surface area contributed by atoms with Crippen LogP contribution in [0, 0.1) is 11.8 Å². The number of hydrogen-bond donors (Lipinski definition) is 7. The van der Waals surface area contributed by atoms with Crippen LogP contribution < -0.4 is 26.2 Å². The first kappa shape index (κ1) is 47.4. The first-order chi connectivity index (χ1) is 31.8. The number of rotatable bonds is 11. The summed E-state index contributed by atoms with van der Waals surface area (Å²) in [6.45, 7) is 14.4. The minimum atomic E-state index is -0.836. The van der Waals surface area contributed by atoms with Gasteiger partial charge in [0.1, 0.15) is 24.1 Å². The number of likely N-dealkylation sites (tertiary alicyclic amines) is 2. The molecule has 0 bridgehead atoms. The van der Waals surface area contributed by atoms with E-state index in [2.05, 4.69) is 107 Å². The van der Waals surface area contributed by atoms with Gasteiger partial charge in [-0.25, -0.2) is 14.6 Å². The lowest BCUT2D eigenvalue weighted by atomic mass is 9.87. The third kappa shape index (κ3) is 9.57. The average molecular weight is 922 g/mol. The molecule has 1 aromatic heterocycles. The Bertz CT molecular complexity index is 2470. The number of H-pyrrole nitrogens is 1. The Morgan fingerprint density at radius 2 is 1.27 bits per heavy atom. The highest BCUT2D eigenvalue weighted by atomic mass is 16.5. The van der Waals surface area contributed by atoms with Crippen molar-refractivity contribution in [1.82, 2.24) is 30.4 Å². The van der Waals surface area contributed by atoms with E-state index >= 15 is 0 Å². The molecule has 0 saturated carbocycles. The van der Waals surface area contributed by atoms with E-state index in [0.29, 0.717) is 18.7 Å². The zero-order valence-electron chi connectivity index (χ0n) is 40.0. The number of nitrogens with one attached hydrogen (secondary N) is 5. The number of amides is 4. The molecule has 4 aromatic rings. The molecule has 4 amide bonds. The zero-order valence-corrected chi connectivity index (χ0v) is 40.0. The van der Waals surface area contributed by atoms with Crippen molar-refractivity contribution in [3.63, 3.8) is 0 Å². The zero-order chi connectivity index (χ0) is 48.1. The van der Waals surface area contributed by atoms with Crippen LogP contribution in [0.3, 0.4) is 0 Å². The Hall–Kier alpha value is -6.07. The molecule has 9 atom stereocenters. The van der Waals surface area contributed by atoms with E-state index < -0.39 is 42.5 Å². The molecule has 3 aromatic carbocycles. The van der Waals surface area contributed by atoms with Gasteiger partial charge in [0.15, 0.2) is 0 Å². The predicted octanol–water partition coefficient (Wildman–Crippen LogP) is 6.46. The molecule has 0 aliphatic carbocycles. The van der Waals surface area contributed by atoms with E-state index in [1.54, 1.807) is 9.80 Å². The van der Waals surface area contributed by atoms with Crippen LogP contribution in [0.4, 0.5) is 26.7 Å². The molecule has 0 spiro atoms. The van der Waals surface area contributed by atoms with Gasteiger partial charge in [-0.3, -0.25) is 9.59 Å². The van der Waals surface area contributed by atoms with E-state index in [-0.39, 0.29) is 66.4 Å². The molecule has 5 heterocycles. The average Bonchev–Trinajstić information content (AvgIpc) is 4.15. The number of hydrogen-bond acceptors (Lipinski definition) is 12. The van der Waals surface area contributed by atoms with Crippen LogP contribution in [0.2, 0.25) is 0 Å². The van der Waals surface area contributed by atoms with Crippen molar-refractivity contribution in [2.24, 2.45) is 11.8 Å². The highest BCUT2D eigenvalue weighted by Gasteiger charge is 2.45. The van der Waals surface area contributed by atoms with Crippen LogP contribution in [0.25, 0.3) is 11.0 Å². The number of methoxy groups -OCH3 is 2. The quantitative estimate of drug-likeness (QED) is 0.0864. The van der Waals surface area contributed by atoms with Crippen molar-refractivity contribution in [2.45, 2.75) is 134 Å². The smallest absolute Gasteiger partial charge is 0.407 e. The summed E-state index contributed by atoms with van der Waals surface area (Å²) in [5, 5.41) is 34.3. The van der Waals surface area contributed by atoms with Crippen LogP contribution >= 0.6 is 0 Å². The standard InChI is InChI=1S/C50H67N9O8/c1-26(2)42(55-48(64)66-8)46(62)57-24-32(60)22-40(57)44-51-34-16-10-28(20-36(34)53-44)38-18-19-39(59(38)31-14-12-30(13-15-31)50(5,6)7)29-11-17-35-37(21-29)54-45(52-35)41-23-33(61)25-58(41)47(63)43(27(3)4)56-49(65)67-9/h10-17,20-21,26-27,32-33,38-44,51,53,60-61H,18-19,22-25H2,1-9H3,(H,52,54)(H,55,64)(H,56,65)/t32-,33-,38+,39+,40-,41-,42-,43-,44?/m0/s1. The fourth-order valence-corrected chi connectivity index (χ4v) is 10.4. The number of fused-ring (bicyclic) bond motifs is 2. The van der Waals surface area contributed by atoms with Gasteiger partial charge in [-0.05, 0) is 89.6 Å². The first-order valence-corrected chi connectivity index (χ1v) is 23.6. The Labute approximate surface area is 392 Å². The number of β-amino-alcohol motifs (C(OH)–C–C–N with tert-alkyl or cyclic N) is 2. The Morgan fingerprint density at radius 3 is 1.87 bits per heavy atom. The number of aromatic amines is 1. The second-order valence-electron chi connectivity index (χ2n) is 20.3. The normalized spacial score (nSPS) is 24.7. The number of carbonyl (C=O) groups is 4. The van der Waals surface area contributed by atoms with Gasteiger partial charge in [0.2, 0.25) is 11.8 Å². The molecular weight excluding hydrogens is 855 g/mol. The van der Waals surface area contributed by atoms with Gasteiger partial charge in [-0.1, -0.05) is 72.7 Å². The number of ether oxygens (including phenoxy) is 2. The number of anilines is 3. The lowest BCUT2D eigenvalue weighted by molar-refractivity contribution is -0.136. The third-order valence-corrected chi connectivity index (χ3v) is 14.0. The van der Waals surface area contributed by atoms with Crippen LogP contribution in [0.5, 0.6) is 0 Å². The van der Waals surface area contributed by atoms with Gasteiger partial charge in [-0.15, -0.1) is 0 Å². The minimum absolute atomic E-state index is 0.00310. The maximum absolute atomic E-state index is 13.9. The van der Waals surface area contributed by atoms with Crippen molar-refractivity contribution >= 4 is 52.1 Å². The molecule has 67 heavy (non-hydrogen) atoms. The summed E-state index contributed by atoms with van der Waals surface area (Å²) >= 11 is 0. The summed E-state index contributed by atoms with van der Waals surface area (Å²) in [6.07, 6.45) is -0.770. The molecule has 4 aliphatic heterocycles. The van der Waals surface area contributed by atoms with E-state index in [0.717, 1.165) is 52.1 Å². The van der Waals surface area contributed by atoms with Gasteiger partial charge in [-0.2, -0.15) is 0 Å². The second-order valence-corrected chi connectivity index (χ2v) is 20.3. The monoisotopic (exact) mass is 922 g/mol. The van der Waals surface area contributed by atoms with E-state index in [1.165, 1.54) is 19.8 Å². The van der Waals surface area contributed by atoms with Crippen LogP contribution in [0.15, 0.2) is 60.7 Å². The van der Waals surface area contributed by atoms with Crippen molar-refractivity contribution in [1.29, 1.82) is 0 Å². The number of imidazole rings is 1. The molecule has 360 valence electrons. The molecule has 7 N–H and O–H groups in total. The Balaban J connectivity index is 1.07. The Morgan fingerprint density at radius 1 is 0.716 bits per heavy atom. The first-order valence-electron chi connectivity index (χ1n) is 23.6. The van der Waals surface area contributed by atoms with Gasteiger partial charge in [0.05, 0.1) is 73.0 Å². The fourth-order valence-electron chi connectivity index (χ4n) is 10.4. The lowest BCUT2D eigenvalue weighted by Crippen LogP contribution is -2.56. The van der Waals surface area contributed by atoms with Gasteiger partial charge in [0, 0.05) is 25.2 Å². The van der Waals surface area contributed by atoms with Gasteiger partial charge < -0.3 is 60.6 Å². The largest absolute Gasteiger partial charge is 0.453 e. The SMILES string of the molecule is COC(=O)N[C@H](C(=O)N1C[C@@H](O)C[C@H]1c1nc2ccc([C@H]3CC[C@H](c4ccc5c(c4)NC([C@@H]4C[C@H](O)CN4C(=O)[C@@H](NC(=O)OC)C(C)C)N5)N3c3ccc(C(C)(C)C)cc3)cc2[nH]1)C(C)C. The van der Waals surface area contributed by atoms with Crippen molar-refractivity contribution in [2.75, 3.05) is 42.8 Å². The van der Waals surface area contributed by atoms with E-state index in [4.69, 9.17) is 14.5 Å². The van der Waals surface area contributed by atoms with E-state index in [1.807, 2.05) is 33.8 Å². The van der Waals surface area contributed by atoms with Crippen LogP contribution in [-0.2, 0) is 24.5 Å². The fraction of sp³-hybridized carbons (Fsp3) is 0.540. The molecule has 1 unspecified atom stereocenters. The molecule has 3 fully saturated rings. The number of aliphatic hydroxyl groups excluding tert-OH is 2. The number of aliphatic hydroxyl groups is 2.